The van der Waals surface area contributed by atoms with Gasteiger partial charge in [0.1, 0.15) is 12.1 Å². The van der Waals surface area contributed by atoms with E-state index in [1.165, 1.54) is 4.90 Å². The van der Waals surface area contributed by atoms with Crippen LogP contribution < -0.4 is 16.0 Å². The second kappa shape index (κ2) is 8.67. The molecule has 2 spiro atoms. The summed E-state index contributed by atoms with van der Waals surface area (Å²) in [6.07, 6.45) is 5.30. The molecular formula is C25H33F3N4O4. The lowest BCUT2D eigenvalue weighted by atomic mass is 9.85. The minimum atomic E-state index is -5.14. The van der Waals surface area contributed by atoms with E-state index in [2.05, 4.69) is 16.6 Å². The first kappa shape index (κ1) is 26.3. The summed E-state index contributed by atoms with van der Waals surface area (Å²) in [5.41, 5.74) is -1.40. The fourth-order valence-corrected chi connectivity index (χ4v) is 5.46. The zero-order chi connectivity index (χ0) is 26.7. The number of carbonyl (C=O) groups is 4. The Hall–Kier alpha value is -2.77. The van der Waals surface area contributed by atoms with Gasteiger partial charge in [0.2, 0.25) is 17.7 Å². The average Bonchev–Trinajstić information content (AvgIpc) is 3.62. The van der Waals surface area contributed by atoms with Gasteiger partial charge in [-0.1, -0.05) is 26.7 Å². The van der Waals surface area contributed by atoms with Crippen molar-refractivity contribution < 1.29 is 32.3 Å². The number of halogens is 3. The monoisotopic (exact) mass is 510 g/mol. The fraction of sp³-hybridized carbons (Fsp3) is 0.760. The first-order chi connectivity index (χ1) is 16.6. The van der Waals surface area contributed by atoms with Crippen LogP contribution in [0.5, 0.6) is 0 Å². The smallest absolute Gasteiger partial charge is 0.350 e. The molecule has 0 radical (unpaired) electrons. The number of hydrogen-bond acceptors (Lipinski definition) is 4. The molecule has 3 N–H and O–H groups in total. The Balaban J connectivity index is 1.47. The van der Waals surface area contributed by atoms with Gasteiger partial charge in [0.15, 0.2) is 0 Å². The second-order valence-electron chi connectivity index (χ2n) is 12.1. The first-order valence-corrected chi connectivity index (χ1v) is 12.3. The Bertz CT molecular complexity index is 1000. The van der Waals surface area contributed by atoms with E-state index in [0.717, 1.165) is 25.7 Å². The van der Waals surface area contributed by atoms with E-state index in [1.807, 2.05) is 5.32 Å². The molecule has 2 saturated carbocycles. The summed E-state index contributed by atoms with van der Waals surface area (Å²) in [6, 6.07) is -3.12. The van der Waals surface area contributed by atoms with E-state index in [9.17, 15) is 32.3 Å². The number of hydrogen-bond donors (Lipinski definition) is 3. The summed E-state index contributed by atoms with van der Waals surface area (Å²) in [6.45, 7) is 4.89. The highest BCUT2D eigenvalue weighted by Gasteiger charge is 2.57. The standard InChI is InChI=1S/C25H33F3N4O4/c1-5-15(10-14-11-24(8-9-24)31-18(14)33)29-19(34)16-12-23(6-7-23)13-32(16)20(35)17(22(2,3)4)30-21(36)25(26,27)28/h1,14-17H,6-13H2,2-4H3,(H,29,34)(H,30,36)(H,31,33)/t14-,15-,16+,17-/m1/s1. The van der Waals surface area contributed by atoms with Crippen LogP contribution in [-0.2, 0) is 19.2 Å². The average molecular weight is 511 g/mol. The van der Waals surface area contributed by atoms with Crippen LogP contribution in [0.15, 0.2) is 0 Å². The highest BCUT2D eigenvalue weighted by Crippen LogP contribution is 2.55. The van der Waals surface area contributed by atoms with Gasteiger partial charge in [-0.2, -0.15) is 13.2 Å². The summed E-state index contributed by atoms with van der Waals surface area (Å²) in [7, 11) is 0. The summed E-state index contributed by atoms with van der Waals surface area (Å²) < 4.78 is 38.9. The lowest BCUT2D eigenvalue weighted by Gasteiger charge is -2.35. The Morgan fingerprint density at radius 3 is 2.25 bits per heavy atom. The predicted octanol–water partition coefficient (Wildman–Crippen LogP) is 1.64. The molecule has 0 aromatic heterocycles. The van der Waals surface area contributed by atoms with E-state index < -0.39 is 47.4 Å². The zero-order valence-corrected chi connectivity index (χ0v) is 20.8. The van der Waals surface area contributed by atoms with E-state index in [0.29, 0.717) is 12.8 Å². The van der Waals surface area contributed by atoms with Crippen molar-refractivity contribution in [2.24, 2.45) is 16.7 Å². The van der Waals surface area contributed by atoms with Crippen LogP contribution in [0, 0.1) is 29.1 Å². The van der Waals surface area contributed by atoms with Crippen molar-refractivity contribution in [3.63, 3.8) is 0 Å². The van der Waals surface area contributed by atoms with Crippen molar-refractivity contribution in [2.45, 2.75) is 95.6 Å². The lowest BCUT2D eigenvalue weighted by molar-refractivity contribution is -0.176. The third-order valence-corrected chi connectivity index (χ3v) is 7.98. The summed E-state index contributed by atoms with van der Waals surface area (Å²) in [5, 5.41) is 7.61. The molecule has 4 amide bonds. The van der Waals surface area contributed by atoms with Crippen molar-refractivity contribution in [1.29, 1.82) is 0 Å². The fourth-order valence-electron chi connectivity index (χ4n) is 5.46. The normalized spacial score (nSPS) is 27.2. The Morgan fingerprint density at radius 2 is 1.78 bits per heavy atom. The molecule has 2 aliphatic heterocycles. The maximum Gasteiger partial charge on any atom is 0.471 e. The van der Waals surface area contributed by atoms with Gasteiger partial charge < -0.3 is 20.9 Å². The van der Waals surface area contributed by atoms with Crippen LogP contribution in [0.3, 0.4) is 0 Å². The van der Waals surface area contributed by atoms with E-state index >= 15 is 0 Å². The van der Waals surface area contributed by atoms with Gasteiger partial charge in [-0.15, -0.1) is 6.42 Å². The number of nitrogens with one attached hydrogen (secondary N) is 3. The van der Waals surface area contributed by atoms with Crippen LogP contribution in [0.4, 0.5) is 13.2 Å². The van der Waals surface area contributed by atoms with Gasteiger partial charge in [0.05, 0.1) is 6.04 Å². The van der Waals surface area contributed by atoms with E-state index in [-0.39, 0.29) is 35.7 Å². The van der Waals surface area contributed by atoms with Crippen LogP contribution >= 0.6 is 0 Å². The first-order valence-electron chi connectivity index (χ1n) is 12.3. The van der Waals surface area contributed by atoms with Crippen molar-refractivity contribution in [1.82, 2.24) is 20.9 Å². The van der Waals surface area contributed by atoms with Crippen molar-refractivity contribution in [2.75, 3.05) is 6.54 Å². The predicted molar refractivity (Wildman–Crippen MR) is 123 cm³/mol. The number of carbonyl (C=O) groups excluding carboxylic acids is 4. The number of amides is 4. The summed E-state index contributed by atoms with van der Waals surface area (Å²) >= 11 is 0. The van der Waals surface area contributed by atoms with Crippen LogP contribution in [0.1, 0.15) is 65.7 Å². The maximum absolute atomic E-state index is 13.5. The Kier molecular flexibility index (Phi) is 6.33. The molecule has 4 aliphatic rings. The molecule has 198 valence electrons. The molecule has 0 bridgehead atoms. The van der Waals surface area contributed by atoms with Crippen molar-refractivity contribution in [3.8, 4) is 12.3 Å². The molecule has 2 aliphatic carbocycles. The lowest BCUT2D eigenvalue weighted by Crippen LogP contribution is -2.59. The number of alkyl halides is 3. The van der Waals surface area contributed by atoms with Gasteiger partial charge in [-0.05, 0) is 55.8 Å². The minimum absolute atomic E-state index is 0.0787. The molecule has 36 heavy (non-hydrogen) atoms. The molecule has 4 fully saturated rings. The quantitative estimate of drug-likeness (QED) is 0.472. The number of likely N-dealkylation sites (tertiary alicyclic amines) is 1. The number of nitrogens with zero attached hydrogens (tertiary/aromatic N) is 1. The van der Waals surface area contributed by atoms with Gasteiger partial charge in [-0.3, -0.25) is 19.2 Å². The van der Waals surface area contributed by atoms with Crippen molar-refractivity contribution in [3.05, 3.63) is 0 Å². The molecule has 4 atom stereocenters. The molecule has 2 heterocycles. The van der Waals surface area contributed by atoms with Gasteiger partial charge in [0.25, 0.3) is 0 Å². The molecule has 4 rings (SSSR count). The molecule has 11 heteroatoms. The summed E-state index contributed by atoms with van der Waals surface area (Å²) in [4.78, 5) is 52.1. The third kappa shape index (κ3) is 5.32. The topological polar surface area (TPSA) is 108 Å². The Morgan fingerprint density at radius 1 is 1.14 bits per heavy atom. The van der Waals surface area contributed by atoms with E-state index in [1.54, 1.807) is 20.8 Å². The van der Waals surface area contributed by atoms with E-state index in [4.69, 9.17) is 6.42 Å². The van der Waals surface area contributed by atoms with Crippen LogP contribution in [0.25, 0.3) is 0 Å². The highest BCUT2D eigenvalue weighted by molar-refractivity contribution is 5.94. The van der Waals surface area contributed by atoms with Gasteiger partial charge in [0, 0.05) is 18.0 Å². The van der Waals surface area contributed by atoms with Gasteiger partial charge >= 0.3 is 12.1 Å². The summed E-state index contributed by atoms with van der Waals surface area (Å²) in [5.74, 6) is -1.29. The minimum Gasteiger partial charge on any atom is -0.350 e. The molecular weight excluding hydrogens is 477 g/mol. The largest absolute Gasteiger partial charge is 0.471 e. The molecule has 0 aromatic rings. The molecule has 2 saturated heterocycles. The highest BCUT2D eigenvalue weighted by atomic mass is 19.4. The molecule has 0 unspecified atom stereocenters. The number of rotatable bonds is 6. The maximum atomic E-state index is 13.5. The molecule has 8 nitrogen and oxygen atoms in total. The molecule has 0 aromatic carbocycles. The second-order valence-corrected chi connectivity index (χ2v) is 12.1. The third-order valence-electron chi connectivity index (χ3n) is 7.98. The Labute approximate surface area is 208 Å². The number of terminal acetylenes is 1. The van der Waals surface area contributed by atoms with Crippen LogP contribution in [0.2, 0.25) is 0 Å². The van der Waals surface area contributed by atoms with Gasteiger partial charge in [-0.25, -0.2) is 0 Å². The van der Waals surface area contributed by atoms with Crippen LogP contribution in [-0.4, -0.2) is 64.9 Å². The zero-order valence-electron chi connectivity index (χ0n) is 20.8. The van der Waals surface area contributed by atoms with Crippen molar-refractivity contribution >= 4 is 23.6 Å². The SMILES string of the molecule is C#C[C@H](C[C@@H]1CC2(CC2)NC1=O)NC(=O)[C@@H]1CC2(CC2)CN1C(=O)[C@@H](NC(=O)C(F)(F)F)C(C)(C)C.